The predicted molar refractivity (Wildman–Crippen MR) is 169 cm³/mol. The summed E-state index contributed by atoms with van der Waals surface area (Å²) >= 11 is 12.0. The highest BCUT2D eigenvalue weighted by Gasteiger charge is 2.24. The molecule has 3 N–H and O–H groups in total. The smallest absolute Gasteiger partial charge is 0.331 e. The Kier molecular flexibility index (Phi) is 11.7. The Morgan fingerprint density at radius 3 is 2.60 bits per heavy atom. The van der Waals surface area contributed by atoms with Gasteiger partial charge in [0.1, 0.15) is 24.3 Å². The molecule has 0 aromatic heterocycles. The van der Waals surface area contributed by atoms with Gasteiger partial charge in [-0.3, -0.25) is 9.69 Å². The number of anilines is 1. The lowest BCUT2D eigenvalue weighted by atomic mass is 10.1. The largest absolute Gasteiger partial charge is 0.494 e. The summed E-state index contributed by atoms with van der Waals surface area (Å²) in [6.45, 7) is 2.60. The number of rotatable bonds is 14. The Bertz CT molecular complexity index is 1440. The normalized spacial score (nSPS) is 13.1. The minimum atomic E-state index is -0.876. The average molecular weight is 628 g/mol. The van der Waals surface area contributed by atoms with Gasteiger partial charge >= 0.3 is 5.97 Å². The molecule has 4 rings (SSSR count). The van der Waals surface area contributed by atoms with Crippen LogP contribution < -0.4 is 20.1 Å². The van der Waals surface area contributed by atoms with Crippen molar-refractivity contribution in [3.05, 3.63) is 82.3 Å². The van der Waals surface area contributed by atoms with Gasteiger partial charge in [0.25, 0.3) is 0 Å². The van der Waals surface area contributed by atoms with Crippen molar-refractivity contribution in [3.63, 3.8) is 0 Å². The number of nitrogens with zero attached hydrogens (tertiary/aromatic N) is 3. The molecule has 0 fully saturated rings. The molecule has 228 valence electrons. The van der Waals surface area contributed by atoms with Gasteiger partial charge in [-0.2, -0.15) is 0 Å². The number of ether oxygens (including phenoxy) is 2. The second-order valence-electron chi connectivity index (χ2n) is 10.2. The molecule has 1 amide bonds. The van der Waals surface area contributed by atoms with Gasteiger partial charge in [-0.15, -0.1) is 0 Å². The number of fused-ring (bicyclic) bond motifs is 1. The van der Waals surface area contributed by atoms with Crippen LogP contribution in [-0.4, -0.2) is 47.2 Å². The lowest BCUT2D eigenvalue weighted by Crippen LogP contribution is -2.42. The van der Waals surface area contributed by atoms with E-state index in [0.717, 1.165) is 24.8 Å². The molecule has 0 radical (unpaired) electrons. The van der Waals surface area contributed by atoms with Crippen LogP contribution in [0.5, 0.6) is 11.5 Å². The number of halogens is 2. The molecule has 1 aliphatic heterocycles. The fourth-order valence-electron chi connectivity index (χ4n) is 4.68. The zero-order valence-electron chi connectivity index (χ0n) is 24.0. The fraction of sp³-hybridized carbons (Fsp3) is 0.344. The summed E-state index contributed by atoms with van der Waals surface area (Å²) in [6.07, 6.45) is 3.23. The van der Waals surface area contributed by atoms with E-state index in [1.165, 1.54) is 17.0 Å². The molecule has 1 unspecified atom stereocenters. The molecule has 1 atom stereocenters. The van der Waals surface area contributed by atoms with Crippen LogP contribution in [0.25, 0.3) is 0 Å². The first kappa shape index (κ1) is 32.1. The number of aliphatic hydroxyl groups excluding tert-OH is 1. The monoisotopic (exact) mass is 626 g/mol. The first-order chi connectivity index (χ1) is 20.7. The van der Waals surface area contributed by atoms with Gasteiger partial charge in [-0.25, -0.2) is 9.79 Å². The van der Waals surface area contributed by atoms with Crippen molar-refractivity contribution in [2.24, 2.45) is 10.7 Å². The summed E-state index contributed by atoms with van der Waals surface area (Å²) < 4.78 is 11.3. The molecule has 1 heterocycles. The van der Waals surface area contributed by atoms with E-state index in [4.69, 9.17) is 38.4 Å². The lowest BCUT2D eigenvalue weighted by molar-refractivity contribution is -0.134. The van der Waals surface area contributed by atoms with Crippen molar-refractivity contribution in [3.8, 4) is 11.5 Å². The van der Waals surface area contributed by atoms with Gasteiger partial charge in [-0.05, 0) is 67.8 Å². The predicted octanol–water partition coefficient (Wildman–Crippen LogP) is 6.45. The van der Waals surface area contributed by atoms with E-state index in [1.54, 1.807) is 23.1 Å². The van der Waals surface area contributed by atoms with Gasteiger partial charge in [0, 0.05) is 29.2 Å². The topological polar surface area (TPSA) is 118 Å². The third kappa shape index (κ3) is 9.10. The van der Waals surface area contributed by atoms with E-state index in [2.05, 4.69) is 11.9 Å². The lowest BCUT2D eigenvalue weighted by Gasteiger charge is -2.28. The number of unbranched alkanes of at least 4 members (excludes halogenated alkanes) is 2. The summed E-state index contributed by atoms with van der Waals surface area (Å²) in [4.78, 5) is 33.2. The van der Waals surface area contributed by atoms with Gasteiger partial charge in [0.15, 0.2) is 5.96 Å². The van der Waals surface area contributed by atoms with Gasteiger partial charge in [0.2, 0.25) is 5.91 Å². The van der Waals surface area contributed by atoms with Crippen molar-refractivity contribution in [1.29, 1.82) is 0 Å². The maximum atomic E-state index is 13.2. The van der Waals surface area contributed by atoms with E-state index in [0.29, 0.717) is 48.1 Å². The number of guanidine groups is 1. The van der Waals surface area contributed by atoms with E-state index in [9.17, 15) is 14.7 Å². The number of aliphatic hydroxyl groups is 1. The van der Waals surface area contributed by atoms with Gasteiger partial charge < -0.3 is 25.2 Å². The van der Waals surface area contributed by atoms with Crippen molar-refractivity contribution < 1.29 is 24.2 Å². The van der Waals surface area contributed by atoms with Crippen LogP contribution >= 0.6 is 23.2 Å². The molecular weight excluding hydrogens is 591 g/mol. The number of hydrogen-bond donors (Lipinski definition) is 2. The van der Waals surface area contributed by atoms with Crippen LogP contribution in [0.15, 0.2) is 71.7 Å². The number of benzene rings is 3. The molecule has 0 aliphatic carbocycles. The number of carbonyl (C=O) groups is 2. The third-order valence-electron chi connectivity index (χ3n) is 6.88. The molecule has 0 saturated heterocycles. The number of para-hydroxylation sites is 1. The first-order valence-corrected chi connectivity index (χ1v) is 15.1. The fourth-order valence-corrected chi connectivity index (χ4v) is 5.13. The highest BCUT2D eigenvalue weighted by molar-refractivity contribution is 6.35. The quantitative estimate of drug-likeness (QED) is 0.0913. The molecule has 9 nitrogen and oxygen atoms in total. The highest BCUT2D eigenvalue weighted by Crippen LogP contribution is 2.30. The Hall–Kier alpha value is -3.79. The number of esters is 1. The van der Waals surface area contributed by atoms with Gasteiger partial charge in [-0.1, -0.05) is 61.2 Å². The Balaban J connectivity index is 1.30. The highest BCUT2D eigenvalue weighted by atomic mass is 35.5. The standard InChI is InChI=1S/C32H36Cl2N4O5/c1-2-3-5-11-29(39)38(24-9-6-4-7-10-24)30(40)12-8-17-42-25-14-15-27-22(18-25)20-37(32(35)36-27)21-31(41)43-28-16-13-23(33)19-26(28)34/h4,6-7,9-10,13-16,18-19,29,39H,2-3,5,8,11-12,17,20-21H2,1H3,(H2,35,36). The Morgan fingerprint density at radius 2 is 1.86 bits per heavy atom. The molecule has 43 heavy (non-hydrogen) atoms. The number of nitrogens with two attached hydrogens (primary N) is 1. The third-order valence-corrected chi connectivity index (χ3v) is 7.41. The average Bonchev–Trinajstić information content (AvgIpc) is 2.98. The Morgan fingerprint density at radius 1 is 1.07 bits per heavy atom. The first-order valence-electron chi connectivity index (χ1n) is 14.3. The molecule has 1 aliphatic rings. The SMILES string of the molecule is CCCCCC(O)N(C(=O)CCCOc1ccc2c(c1)CN(CC(=O)Oc1ccc(Cl)cc1Cl)C(N)=N2)c1ccccc1. The van der Waals surface area contributed by atoms with E-state index in [-0.39, 0.29) is 35.6 Å². The minimum Gasteiger partial charge on any atom is -0.494 e. The summed E-state index contributed by atoms with van der Waals surface area (Å²) in [7, 11) is 0. The van der Waals surface area contributed by atoms with Crippen LogP contribution in [-0.2, 0) is 16.1 Å². The second-order valence-corrected chi connectivity index (χ2v) is 11.0. The van der Waals surface area contributed by atoms with Crippen molar-refractivity contribution in [1.82, 2.24) is 4.90 Å². The van der Waals surface area contributed by atoms with Crippen LogP contribution in [0.3, 0.4) is 0 Å². The molecule has 3 aromatic carbocycles. The Labute approximate surface area is 261 Å². The summed E-state index contributed by atoms with van der Waals surface area (Å²) in [5, 5.41) is 11.5. The van der Waals surface area contributed by atoms with Crippen molar-refractivity contribution in [2.75, 3.05) is 18.1 Å². The molecule has 0 saturated carbocycles. The van der Waals surface area contributed by atoms with Crippen LogP contribution in [0.2, 0.25) is 10.0 Å². The molecule has 11 heteroatoms. The van der Waals surface area contributed by atoms with E-state index < -0.39 is 12.2 Å². The number of amides is 1. The number of carbonyl (C=O) groups excluding carboxylic acids is 2. The zero-order chi connectivity index (χ0) is 30.8. The summed E-state index contributed by atoms with van der Waals surface area (Å²) in [5.74, 6) is 0.297. The second kappa shape index (κ2) is 15.6. The summed E-state index contributed by atoms with van der Waals surface area (Å²) in [5.41, 5.74) is 8.29. The molecular formula is C32H36Cl2N4O5. The van der Waals surface area contributed by atoms with E-state index in [1.807, 2.05) is 36.4 Å². The zero-order valence-corrected chi connectivity index (χ0v) is 25.6. The maximum Gasteiger partial charge on any atom is 0.331 e. The number of hydrogen-bond acceptors (Lipinski definition) is 8. The molecule has 0 bridgehead atoms. The minimum absolute atomic E-state index is 0.136. The summed E-state index contributed by atoms with van der Waals surface area (Å²) in [6, 6.07) is 19.3. The number of aliphatic imine (C=N–C) groups is 1. The van der Waals surface area contributed by atoms with E-state index >= 15 is 0 Å². The van der Waals surface area contributed by atoms with Gasteiger partial charge in [0.05, 0.1) is 17.3 Å². The molecule has 3 aromatic rings. The van der Waals surface area contributed by atoms with Crippen LogP contribution in [0, 0.1) is 0 Å². The van der Waals surface area contributed by atoms with Crippen LogP contribution in [0.4, 0.5) is 11.4 Å². The van der Waals surface area contributed by atoms with Crippen molar-refractivity contribution in [2.45, 2.75) is 58.2 Å². The molecule has 0 spiro atoms. The van der Waals surface area contributed by atoms with Crippen molar-refractivity contribution >= 4 is 52.4 Å². The van der Waals surface area contributed by atoms with Crippen LogP contribution in [0.1, 0.15) is 51.0 Å². The maximum absolute atomic E-state index is 13.2.